The fraction of sp³-hybridized carbons (Fsp3) is 1.00. The Morgan fingerprint density at radius 2 is 2.18 bits per heavy atom. The Morgan fingerprint density at radius 1 is 1.55 bits per heavy atom. The Balaban J connectivity index is 2.20. The van der Waals surface area contributed by atoms with Crippen LogP contribution in [0.2, 0.25) is 0 Å². The highest BCUT2D eigenvalue weighted by atomic mass is 19.1. The zero-order valence-electron chi connectivity index (χ0n) is 7.49. The molecule has 0 saturated heterocycles. The van der Waals surface area contributed by atoms with E-state index in [2.05, 4.69) is 5.32 Å². The Kier molecular flexibility index (Phi) is 2.88. The molecule has 1 rings (SSSR count). The molecule has 0 aromatic heterocycles. The molecule has 1 nitrogen and oxygen atoms in total. The summed E-state index contributed by atoms with van der Waals surface area (Å²) in [5.74, 6) is 0.665. The van der Waals surface area contributed by atoms with E-state index in [-0.39, 0.29) is 0 Å². The molecule has 0 bridgehead atoms. The Morgan fingerprint density at radius 3 is 2.55 bits per heavy atom. The molecule has 0 aromatic carbocycles. The Bertz CT molecular complexity index is 119. The molecule has 1 N–H and O–H groups in total. The average molecular weight is 159 g/mol. The first kappa shape index (κ1) is 8.98. The molecule has 0 spiro atoms. The van der Waals surface area contributed by atoms with Gasteiger partial charge in [0, 0.05) is 6.54 Å². The van der Waals surface area contributed by atoms with Gasteiger partial charge in [0.25, 0.3) is 0 Å². The van der Waals surface area contributed by atoms with Crippen LogP contribution in [0.4, 0.5) is 4.39 Å². The van der Waals surface area contributed by atoms with Crippen LogP contribution < -0.4 is 5.32 Å². The molecule has 1 aliphatic carbocycles. The lowest BCUT2D eigenvalue weighted by Gasteiger charge is -2.31. The zero-order valence-corrected chi connectivity index (χ0v) is 7.49. The zero-order chi connectivity index (χ0) is 8.32. The quantitative estimate of drug-likeness (QED) is 0.662. The fourth-order valence-electron chi connectivity index (χ4n) is 1.74. The van der Waals surface area contributed by atoms with Crippen LogP contribution in [-0.4, -0.2) is 19.3 Å². The predicted octanol–water partition coefficient (Wildman–Crippen LogP) is 2.12. The first-order valence-electron chi connectivity index (χ1n) is 4.47. The van der Waals surface area contributed by atoms with Gasteiger partial charge in [-0.25, -0.2) is 4.39 Å². The van der Waals surface area contributed by atoms with Gasteiger partial charge < -0.3 is 5.32 Å². The van der Waals surface area contributed by atoms with E-state index in [1.165, 1.54) is 19.3 Å². The molecule has 1 atom stereocenters. The Labute approximate surface area is 68.4 Å². The van der Waals surface area contributed by atoms with Crippen LogP contribution in [0.3, 0.4) is 0 Å². The van der Waals surface area contributed by atoms with Gasteiger partial charge in [-0.1, -0.05) is 19.3 Å². The molecule has 1 fully saturated rings. The van der Waals surface area contributed by atoms with Crippen molar-refractivity contribution in [2.45, 2.75) is 38.3 Å². The lowest BCUT2D eigenvalue weighted by molar-refractivity contribution is 0.115. The highest BCUT2D eigenvalue weighted by Gasteiger charge is 2.29. The number of alkyl halides is 1. The summed E-state index contributed by atoms with van der Waals surface area (Å²) >= 11 is 0. The van der Waals surface area contributed by atoms with Gasteiger partial charge in [0.05, 0.1) is 0 Å². The van der Waals surface area contributed by atoms with Gasteiger partial charge in [-0.2, -0.15) is 0 Å². The molecule has 0 heterocycles. The summed E-state index contributed by atoms with van der Waals surface area (Å²) in [4.78, 5) is 0. The number of hydrogen-bond donors (Lipinski definition) is 1. The molecule has 1 saturated carbocycles. The third-order valence-electron chi connectivity index (χ3n) is 2.48. The van der Waals surface area contributed by atoms with Gasteiger partial charge in [0.1, 0.15) is 5.67 Å². The number of hydrogen-bond acceptors (Lipinski definition) is 1. The minimum atomic E-state index is -0.986. The summed E-state index contributed by atoms with van der Waals surface area (Å²) < 4.78 is 13.5. The van der Waals surface area contributed by atoms with E-state index in [1.54, 1.807) is 14.0 Å². The largest absolute Gasteiger partial charge is 0.317 e. The SMILES string of the molecule is CNCC(C)(F)CC1CCC1. The second kappa shape index (κ2) is 3.53. The maximum Gasteiger partial charge on any atom is 0.120 e. The normalized spacial score (nSPS) is 24.3. The van der Waals surface area contributed by atoms with Gasteiger partial charge >= 0.3 is 0 Å². The number of halogens is 1. The van der Waals surface area contributed by atoms with E-state index in [0.29, 0.717) is 12.5 Å². The van der Waals surface area contributed by atoms with Crippen molar-refractivity contribution >= 4 is 0 Å². The van der Waals surface area contributed by atoms with Crippen molar-refractivity contribution in [1.82, 2.24) is 5.32 Å². The number of rotatable bonds is 4. The van der Waals surface area contributed by atoms with Crippen LogP contribution >= 0.6 is 0 Å². The van der Waals surface area contributed by atoms with Crippen molar-refractivity contribution in [2.24, 2.45) is 5.92 Å². The number of nitrogens with one attached hydrogen (secondary N) is 1. The maximum absolute atomic E-state index is 13.5. The molecular weight excluding hydrogens is 141 g/mol. The van der Waals surface area contributed by atoms with Crippen LogP contribution in [0, 0.1) is 5.92 Å². The molecule has 11 heavy (non-hydrogen) atoms. The molecule has 66 valence electrons. The molecule has 0 radical (unpaired) electrons. The monoisotopic (exact) mass is 159 g/mol. The fourth-order valence-corrected chi connectivity index (χ4v) is 1.74. The van der Waals surface area contributed by atoms with Crippen LogP contribution in [0.5, 0.6) is 0 Å². The van der Waals surface area contributed by atoms with E-state index in [0.717, 1.165) is 6.42 Å². The van der Waals surface area contributed by atoms with Gasteiger partial charge in [0.15, 0.2) is 0 Å². The minimum Gasteiger partial charge on any atom is -0.317 e. The summed E-state index contributed by atoms with van der Waals surface area (Å²) in [6.45, 7) is 2.19. The maximum atomic E-state index is 13.5. The van der Waals surface area contributed by atoms with Crippen molar-refractivity contribution in [3.8, 4) is 0 Å². The average Bonchev–Trinajstić information content (AvgIpc) is 1.79. The van der Waals surface area contributed by atoms with E-state index < -0.39 is 5.67 Å². The van der Waals surface area contributed by atoms with Crippen molar-refractivity contribution in [3.63, 3.8) is 0 Å². The van der Waals surface area contributed by atoms with Crippen molar-refractivity contribution in [1.29, 1.82) is 0 Å². The predicted molar refractivity (Wildman–Crippen MR) is 45.4 cm³/mol. The Hall–Kier alpha value is -0.110. The second-order valence-electron chi connectivity index (χ2n) is 3.94. The molecule has 0 aromatic rings. The lowest BCUT2D eigenvalue weighted by atomic mass is 9.78. The summed E-state index contributed by atoms with van der Waals surface area (Å²) in [5.41, 5.74) is -0.986. The van der Waals surface area contributed by atoms with Gasteiger partial charge in [-0.3, -0.25) is 0 Å². The van der Waals surface area contributed by atoms with Crippen LogP contribution in [0.25, 0.3) is 0 Å². The van der Waals surface area contributed by atoms with Crippen molar-refractivity contribution < 1.29 is 4.39 Å². The highest BCUT2D eigenvalue weighted by molar-refractivity contribution is 4.82. The lowest BCUT2D eigenvalue weighted by Crippen LogP contribution is -2.35. The molecule has 1 aliphatic rings. The minimum absolute atomic E-state index is 0.490. The summed E-state index contributed by atoms with van der Waals surface area (Å²) in [6, 6.07) is 0. The van der Waals surface area contributed by atoms with Crippen molar-refractivity contribution in [2.75, 3.05) is 13.6 Å². The molecule has 0 amide bonds. The van der Waals surface area contributed by atoms with E-state index in [9.17, 15) is 4.39 Å². The summed E-state index contributed by atoms with van der Waals surface area (Å²) in [7, 11) is 1.80. The second-order valence-corrected chi connectivity index (χ2v) is 3.94. The third kappa shape index (κ3) is 2.78. The summed E-state index contributed by atoms with van der Waals surface area (Å²) in [6.07, 6.45) is 4.53. The van der Waals surface area contributed by atoms with E-state index in [1.807, 2.05) is 0 Å². The van der Waals surface area contributed by atoms with E-state index >= 15 is 0 Å². The molecule has 2 heteroatoms. The van der Waals surface area contributed by atoms with E-state index in [4.69, 9.17) is 0 Å². The molecule has 1 unspecified atom stereocenters. The molecule has 0 aliphatic heterocycles. The van der Waals surface area contributed by atoms with Crippen LogP contribution in [0.15, 0.2) is 0 Å². The standard InChI is InChI=1S/C9H18FN/c1-9(10,7-11-2)6-8-4-3-5-8/h8,11H,3-7H2,1-2H3. The van der Waals surface area contributed by atoms with Gasteiger partial charge in [-0.05, 0) is 26.3 Å². The first-order valence-corrected chi connectivity index (χ1v) is 4.47. The summed E-state index contributed by atoms with van der Waals surface area (Å²) in [5, 5.41) is 2.89. The topological polar surface area (TPSA) is 12.0 Å². The smallest absolute Gasteiger partial charge is 0.120 e. The van der Waals surface area contributed by atoms with Crippen LogP contribution in [0.1, 0.15) is 32.6 Å². The molecular formula is C9H18FN. The van der Waals surface area contributed by atoms with Crippen LogP contribution in [-0.2, 0) is 0 Å². The van der Waals surface area contributed by atoms with Crippen molar-refractivity contribution in [3.05, 3.63) is 0 Å². The first-order chi connectivity index (χ1) is 5.14. The third-order valence-corrected chi connectivity index (χ3v) is 2.48. The van der Waals surface area contributed by atoms with Gasteiger partial charge in [-0.15, -0.1) is 0 Å². The van der Waals surface area contributed by atoms with Gasteiger partial charge in [0.2, 0.25) is 0 Å². The highest BCUT2D eigenvalue weighted by Crippen LogP contribution is 2.34.